The van der Waals surface area contributed by atoms with Gasteiger partial charge < -0.3 is 20.9 Å². The van der Waals surface area contributed by atoms with Gasteiger partial charge in [0.05, 0.1) is 18.8 Å². The number of carbonyl (C=O) groups excluding carboxylic acids is 3. The molecule has 0 aliphatic carbocycles. The Labute approximate surface area is 159 Å². The van der Waals surface area contributed by atoms with E-state index in [0.29, 0.717) is 24.3 Å². The van der Waals surface area contributed by atoms with Crippen LogP contribution in [-0.4, -0.2) is 60.7 Å². The quantitative estimate of drug-likeness (QED) is 0.485. The molecule has 3 amide bonds. The summed E-state index contributed by atoms with van der Waals surface area (Å²) >= 11 is 0. The van der Waals surface area contributed by atoms with Crippen molar-refractivity contribution in [1.82, 2.24) is 15.1 Å². The molecule has 1 aliphatic rings. The molecule has 0 atom stereocenters. The molecule has 1 aliphatic heterocycles. The van der Waals surface area contributed by atoms with Crippen molar-refractivity contribution < 1.29 is 14.4 Å². The summed E-state index contributed by atoms with van der Waals surface area (Å²) in [6.07, 6.45) is 2.78. The van der Waals surface area contributed by atoms with Gasteiger partial charge in [0, 0.05) is 38.1 Å². The third kappa shape index (κ3) is 6.30. The molecule has 0 unspecified atom stereocenters. The fourth-order valence-corrected chi connectivity index (χ4v) is 2.30. The predicted octanol–water partition coefficient (Wildman–Crippen LogP) is -0.147. The number of hydrazine groups is 1. The second kappa shape index (κ2) is 10.8. The number of hydrogen-bond donors (Lipinski definition) is 3. The fraction of sp³-hybridized carbons (Fsp3) is 0.389. The molecule has 0 bridgehead atoms. The van der Waals surface area contributed by atoms with Crippen molar-refractivity contribution in [2.45, 2.75) is 13.8 Å². The van der Waals surface area contributed by atoms with E-state index in [2.05, 4.69) is 5.32 Å². The lowest BCUT2D eigenvalue weighted by Gasteiger charge is -2.32. The second-order valence-corrected chi connectivity index (χ2v) is 5.61. The summed E-state index contributed by atoms with van der Waals surface area (Å²) in [5.41, 5.74) is 6.32. The molecule has 0 saturated carbocycles. The fourth-order valence-electron chi connectivity index (χ4n) is 2.30. The summed E-state index contributed by atoms with van der Waals surface area (Å²) in [6, 6.07) is 6.52. The topological polar surface area (TPSA) is 125 Å². The smallest absolute Gasteiger partial charge is 0.251 e. The van der Waals surface area contributed by atoms with Crippen molar-refractivity contribution in [2.75, 3.05) is 38.2 Å². The van der Waals surface area contributed by atoms with Gasteiger partial charge in [0.25, 0.3) is 5.91 Å². The maximum atomic E-state index is 12.1. The molecule has 2 rings (SSSR count). The zero-order chi connectivity index (χ0) is 20.4. The van der Waals surface area contributed by atoms with Gasteiger partial charge in [-0.15, -0.1) is 0 Å². The van der Waals surface area contributed by atoms with Crippen LogP contribution < -0.4 is 21.9 Å². The molecule has 148 valence electrons. The van der Waals surface area contributed by atoms with Gasteiger partial charge in [0.1, 0.15) is 0 Å². The maximum absolute atomic E-state index is 12.1. The Balaban J connectivity index is 0.00000176. The van der Waals surface area contributed by atoms with Gasteiger partial charge >= 0.3 is 0 Å². The van der Waals surface area contributed by atoms with Gasteiger partial charge in [-0.1, -0.05) is 13.8 Å². The Morgan fingerprint density at radius 3 is 2.41 bits per heavy atom. The summed E-state index contributed by atoms with van der Waals surface area (Å²) in [7, 11) is 1.70. The van der Waals surface area contributed by atoms with Crippen molar-refractivity contribution >= 4 is 23.4 Å². The third-order valence-corrected chi connectivity index (χ3v) is 3.88. The molecule has 1 aromatic rings. The molecule has 1 heterocycles. The van der Waals surface area contributed by atoms with E-state index in [1.54, 1.807) is 36.2 Å². The Hall–Kier alpha value is -3.07. The minimum absolute atomic E-state index is 0.0426. The van der Waals surface area contributed by atoms with Crippen LogP contribution in [0.25, 0.3) is 0 Å². The van der Waals surface area contributed by atoms with Gasteiger partial charge in [0.15, 0.2) is 0 Å². The molecule has 0 aromatic heterocycles. The molecule has 0 spiro atoms. The van der Waals surface area contributed by atoms with E-state index in [0.717, 1.165) is 0 Å². The van der Waals surface area contributed by atoms with E-state index in [4.69, 9.17) is 11.6 Å². The number of piperazine rings is 1. The lowest BCUT2D eigenvalue weighted by Crippen LogP contribution is -2.52. The first-order chi connectivity index (χ1) is 12.9. The van der Waals surface area contributed by atoms with Crippen LogP contribution in [0.5, 0.6) is 0 Å². The number of hydrogen-bond acceptors (Lipinski definition) is 6. The van der Waals surface area contributed by atoms with E-state index < -0.39 is 0 Å². The van der Waals surface area contributed by atoms with Crippen molar-refractivity contribution in [1.29, 1.82) is 0 Å². The molecule has 5 N–H and O–H groups in total. The average Bonchev–Trinajstić information content (AvgIpc) is 2.69. The molecule has 27 heavy (non-hydrogen) atoms. The molecule has 1 aromatic carbocycles. The van der Waals surface area contributed by atoms with Crippen molar-refractivity contribution in [2.24, 2.45) is 11.6 Å². The highest BCUT2D eigenvalue weighted by atomic mass is 16.2. The highest BCUT2D eigenvalue weighted by Gasteiger charge is 2.24. The number of nitrogens with two attached hydrogens (primary N) is 2. The Morgan fingerprint density at radius 2 is 1.85 bits per heavy atom. The van der Waals surface area contributed by atoms with E-state index in [9.17, 15) is 14.4 Å². The molecule has 1 fully saturated rings. The van der Waals surface area contributed by atoms with Gasteiger partial charge in [-0.2, -0.15) is 0 Å². The molecule has 9 heteroatoms. The standard InChI is InChI=1S/C16H22N6O3.C2H6/c1-20-8-9-21(11-15(20)24)14(23)10-19-16(25)12-2-4-13(5-3-12)22(18)7-6-17;1-2/h2-7H,8-11,17-18H2,1H3,(H,19,25);1-2H3/b7-6-;. The number of carbonyl (C=O) groups is 3. The minimum atomic E-state index is -0.377. The number of nitrogens with one attached hydrogen (secondary N) is 1. The van der Waals surface area contributed by atoms with E-state index in [-0.39, 0.29) is 30.8 Å². The van der Waals surface area contributed by atoms with Crippen LogP contribution in [-0.2, 0) is 9.59 Å². The van der Waals surface area contributed by atoms with Crippen LogP contribution in [0.4, 0.5) is 5.69 Å². The van der Waals surface area contributed by atoms with Crippen LogP contribution in [0, 0.1) is 0 Å². The maximum Gasteiger partial charge on any atom is 0.251 e. The normalized spacial score (nSPS) is 13.9. The van der Waals surface area contributed by atoms with Gasteiger partial charge in [-0.05, 0) is 24.3 Å². The van der Waals surface area contributed by atoms with Gasteiger partial charge in [-0.25, -0.2) is 5.84 Å². The predicted molar refractivity (Wildman–Crippen MR) is 104 cm³/mol. The van der Waals surface area contributed by atoms with E-state index in [1.165, 1.54) is 22.3 Å². The molecule has 1 saturated heterocycles. The number of amides is 3. The van der Waals surface area contributed by atoms with Crippen molar-refractivity contribution in [3.05, 3.63) is 42.2 Å². The van der Waals surface area contributed by atoms with Crippen LogP contribution in [0.1, 0.15) is 24.2 Å². The number of nitrogens with zero attached hydrogens (tertiary/aromatic N) is 3. The Bertz CT molecular complexity index is 674. The van der Waals surface area contributed by atoms with Crippen LogP contribution >= 0.6 is 0 Å². The zero-order valence-corrected chi connectivity index (χ0v) is 16.0. The summed E-state index contributed by atoms with van der Waals surface area (Å²) in [5.74, 6) is 4.95. The SMILES string of the molecule is CC.CN1CCN(C(=O)CNC(=O)c2ccc(N(N)/C=C\N)cc2)CC1=O. The number of anilines is 1. The van der Waals surface area contributed by atoms with Crippen molar-refractivity contribution in [3.63, 3.8) is 0 Å². The molecular formula is C18H28N6O3. The number of benzene rings is 1. The largest absolute Gasteiger partial charge is 0.403 e. The van der Waals surface area contributed by atoms with Crippen LogP contribution in [0.15, 0.2) is 36.7 Å². The Kier molecular flexibility index (Phi) is 8.80. The van der Waals surface area contributed by atoms with Crippen LogP contribution in [0.2, 0.25) is 0 Å². The lowest BCUT2D eigenvalue weighted by molar-refractivity contribution is -0.143. The number of likely N-dealkylation sites (N-methyl/N-ethyl adjacent to an activating group) is 1. The highest BCUT2D eigenvalue weighted by molar-refractivity contribution is 5.97. The average molecular weight is 376 g/mol. The summed E-state index contributed by atoms with van der Waals surface area (Å²) < 4.78 is 0. The van der Waals surface area contributed by atoms with Gasteiger partial charge in [-0.3, -0.25) is 19.4 Å². The third-order valence-electron chi connectivity index (χ3n) is 3.88. The molecular weight excluding hydrogens is 348 g/mol. The summed E-state index contributed by atoms with van der Waals surface area (Å²) in [5, 5.41) is 3.88. The van der Waals surface area contributed by atoms with Gasteiger partial charge in [0.2, 0.25) is 11.8 Å². The molecule has 0 radical (unpaired) electrons. The van der Waals surface area contributed by atoms with E-state index >= 15 is 0 Å². The minimum Gasteiger partial charge on any atom is -0.403 e. The molecule has 9 nitrogen and oxygen atoms in total. The first kappa shape index (κ1) is 22.0. The summed E-state index contributed by atoms with van der Waals surface area (Å²) in [4.78, 5) is 38.9. The lowest BCUT2D eigenvalue weighted by atomic mass is 10.2. The zero-order valence-electron chi connectivity index (χ0n) is 16.0. The van der Waals surface area contributed by atoms with E-state index in [1.807, 2.05) is 13.8 Å². The van der Waals surface area contributed by atoms with Crippen LogP contribution in [0.3, 0.4) is 0 Å². The number of rotatable bonds is 5. The highest BCUT2D eigenvalue weighted by Crippen LogP contribution is 2.12. The first-order valence-electron chi connectivity index (χ1n) is 8.74. The second-order valence-electron chi connectivity index (χ2n) is 5.61. The summed E-state index contributed by atoms with van der Waals surface area (Å²) in [6.45, 7) is 4.84. The first-order valence-corrected chi connectivity index (χ1v) is 8.74. The Morgan fingerprint density at radius 1 is 1.22 bits per heavy atom. The van der Waals surface area contributed by atoms with Crippen molar-refractivity contribution in [3.8, 4) is 0 Å². The monoisotopic (exact) mass is 376 g/mol.